The number of hydrogen-bond acceptors (Lipinski definition) is 6. The van der Waals surface area contributed by atoms with Gasteiger partial charge in [-0.25, -0.2) is 8.42 Å². The molecule has 2 aliphatic heterocycles. The Hall–Kier alpha value is -1.52. The summed E-state index contributed by atoms with van der Waals surface area (Å²) in [5.41, 5.74) is 0.493. The van der Waals surface area contributed by atoms with Crippen LogP contribution in [0, 0.1) is 0 Å². The molecule has 3 rings (SSSR count). The van der Waals surface area contributed by atoms with Crippen LogP contribution in [0.4, 0.5) is 0 Å². The summed E-state index contributed by atoms with van der Waals surface area (Å²) in [6.07, 6.45) is 2.36. The van der Waals surface area contributed by atoms with Gasteiger partial charge in [0.1, 0.15) is 0 Å². The van der Waals surface area contributed by atoms with Gasteiger partial charge in [0.25, 0.3) is 15.9 Å². The van der Waals surface area contributed by atoms with Crippen LogP contribution in [-0.4, -0.2) is 75.7 Å². The topological polar surface area (TPSA) is 88.2 Å². The van der Waals surface area contributed by atoms with Gasteiger partial charge in [-0.2, -0.15) is 0 Å². The summed E-state index contributed by atoms with van der Waals surface area (Å²) in [6, 6.07) is 6.13. The number of nitrogens with zero attached hydrogens (tertiary/aromatic N) is 2. The van der Waals surface area contributed by atoms with Gasteiger partial charge in [0.15, 0.2) is 0 Å². The molecule has 156 valence electrons. The molecule has 2 heterocycles. The van der Waals surface area contributed by atoms with Crippen LogP contribution in [0.1, 0.15) is 37.0 Å². The number of morpholine rings is 1. The smallest absolute Gasteiger partial charge is 0.262 e. The average molecular weight is 412 g/mol. The van der Waals surface area contributed by atoms with E-state index in [2.05, 4.69) is 23.6 Å². The summed E-state index contributed by atoms with van der Waals surface area (Å²) in [6.45, 7) is 7.48. The third kappa shape index (κ3) is 4.90. The van der Waals surface area contributed by atoms with Crippen molar-refractivity contribution >= 4 is 15.9 Å². The summed E-state index contributed by atoms with van der Waals surface area (Å²) < 4.78 is 29.7. The van der Waals surface area contributed by atoms with Crippen molar-refractivity contribution in [2.24, 2.45) is 0 Å². The fourth-order valence-corrected chi connectivity index (χ4v) is 4.93. The highest BCUT2D eigenvalue weighted by molar-refractivity contribution is 7.89. The molecule has 8 nitrogen and oxygen atoms in total. The summed E-state index contributed by atoms with van der Waals surface area (Å²) in [7, 11) is -2.49. The second kappa shape index (κ2) is 8.87. The first-order chi connectivity index (χ1) is 13.3. The second-order valence-corrected chi connectivity index (χ2v) is 9.23. The number of carbonyl (C=O) groups excluding carboxylic acids is 1. The summed E-state index contributed by atoms with van der Waals surface area (Å²) in [5, 5.41) is 0. The first-order valence-corrected chi connectivity index (χ1v) is 11.1. The number of sulfonamides is 1. The van der Waals surface area contributed by atoms with Crippen molar-refractivity contribution in [1.29, 1.82) is 0 Å². The van der Waals surface area contributed by atoms with Crippen molar-refractivity contribution in [3.63, 3.8) is 0 Å². The Bertz CT molecular complexity index is 773. The number of ether oxygens (including phenoxy) is 1. The Morgan fingerprint density at radius 3 is 2.46 bits per heavy atom. The minimum absolute atomic E-state index is 0.0551. The lowest BCUT2D eigenvalue weighted by atomic mass is 10.1. The molecule has 28 heavy (non-hydrogen) atoms. The first kappa shape index (κ1) is 21.2. The van der Waals surface area contributed by atoms with E-state index in [1.165, 1.54) is 19.2 Å². The molecule has 1 aromatic carbocycles. The summed E-state index contributed by atoms with van der Waals surface area (Å²) in [4.78, 5) is 23.8. The Morgan fingerprint density at radius 2 is 1.86 bits per heavy atom. The van der Waals surface area contributed by atoms with E-state index in [0.29, 0.717) is 5.56 Å². The van der Waals surface area contributed by atoms with E-state index in [9.17, 15) is 13.2 Å². The Balaban J connectivity index is 1.67. The first-order valence-electron chi connectivity index (χ1n) is 9.64. The van der Waals surface area contributed by atoms with E-state index in [4.69, 9.17) is 4.74 Å². The molecule has 1 amide bonds. The molecule has 1 N–H and O–H groups in total. The monoisotopic (exact) mass is 411 g/mol. The molecule has 0 aromatic heterocycles. The molecule has 3 atom stereocenters. The van der Waals surface area contributed by atoms with Crippen LogP contribution in [0.3, 0.4) is 0 Å². The molecule has 0 saturated carbocycles. The molecule has 2 aliphatic rings. The third-order valence-electron chi connectivity index (χ3n) is 5.21. The zero-order chi connectivity index (χ0) is 20.3. The van der Waals surface area contributed by atoms with E-state index < -0.39 is 10.0 Å². The van der Waals surface area contributed by atoms with Crippen molar-refractivity contribution in [3.8, 4) is 0 Å². The summed E-state index contributed by atoms with van der Waals surface area (Å²) in [5.74, 6) is -0.0551. The SMILES string of the molecule is CONS(=O)(=O)c1ccc(C(=O)N2CCCC2CN2CC(C)OC(C)C2)cc1. The molecule has 9 heteroatoms. The van der Waals surface area contributed by atoms with Gasteiger partial charge >= 0.3 is 0 Å². The van der Waals surface area contributed by atoms with Crippen LogP contribution < -0.4 is 4.89 Å². The molecular formula is C19H29N3O5S. The van der Waals surface area contributed by atoms with E-state index in [-0.39, 0.29) is 29.1 Å². The van der Waals surface area contributed by atoms with Gasteiger partial charge in [0.05, 0.1) is 24.2 Å². The lowest BCUT2D eigenvalue weighted by Crippen LogP contribution is -2.50. The number of benzene rings is 1. The largest absolute Gasteiger partial charge is 0.373 e. The van der Waals surface area contributed by atoms with Gasteiger partial charge in [-0.05, 0) is 51.0 Å². The third-order valence-corrected chi connectivity index (χ3v) is 6.49. The molecule has 3 unspecified atom stereocenters. The molecule has 2 saturated heterocycles. The van der Waals surface area contributed by atoms with Crippen molar-refractivity contribution < 1.29 is 22.8 Å². The van der Waals surface area contributed by atoms with Gasteiger partial charge in [-0.3, -0.25) is 14.5 Å². The fourth-order valence-electron chi connectivity index (χ4n) is 4.12. The van der Waals surface area contributed by atoms with Crippen molar-refractivity contribution in [2.45, 2.75) is 49.8 Å². The van der Waals surface area contributed by atoms with Crippen LogP contribution in [-0.2, 0) is 19.6 Å². The standard InChI is InChI=1S/C19H29N3O5S/c1-14-11-21(12-15(2)27-14)13-17-5-4-10-22(17)19(23)16-6-8-18(9-7-16)28(24,25)20-26-3/h6-9,14-15,17,20H,4-5,10-13H2,1-3H3. The minimum Gasteiger partial charge on any atom is -0.373 e. The molecular weight excluding hydrogens is 382 g/mol. The van der Waals surface area contributed by atoms with E-state index in [1.807, 2.05) is 9.79 Å². The Morgan fingerprint density at radius 1 is 1.21 bits per heavy atom. The molecule has 1 aromatic rings. The number of amides is 1. The zero-order valence-electron chi connectivity index (χ0n) is 16.6. The molecule has 0 aliphatic carbocycles. The maximum absolute atomic E-state index is 13.0. The van der Waals surface area contributed by atoms with Crippen molar-refractivity contribution in [3.05, 3.63) is 29.8 Å². The van der Waals surface area contributed by atoms with Gasteiger partial charge in [0.2, 0.25) is 0 Å². The van der Waals surface area contributed by atoms with Gasteiger partial charge < -0.3 is 9.64 Å². The molecule has 0 spiro atoms. The maximum Gasteiger partial charge on any atom is 0.262 e. The highest BCUT2D eigenvalue weighted by atomic mass is 32.2. The van der Waals surface area contributed by atoms with Crippen LogP contribution in [0.2, 0.25) is 0 Å². The highest BCUT2D eigenvalue weighted by Gasteiger charge is 2.33. The fraction of sp³-hybridized carbons (Fsp3) is 0.632. The maximum atomic E-state index is 13.0. The number of hydrogen-bond donors (Lipinski definition) is 1. The molecule has 2 fully saturated rings. The Labute approximate surface area is 166 Å². The predicted molar refractivity (Wildman–Crippen MR) is 104 cm³/mol. The van der Waals surface area contributed by atoms with Crippen LogP contribution in [0.25, 0.3) is 0 Å². The lowest BCUT2D eigenvalue weighted by molar-refractivity contribution is -0.0715. The summed E-state index contributed by atoms with van der Waals surface area (Å²) >= 11 is 0. The molecule has 0 radical (unpaired) electrons. The number of rotatable bonds is 6. The van der Waals surface area contributed by atoms with Crippen LogP contribution >= 0.6 is 0 Å². The van der Waals surface area contributed by atoms with E-state index in [1.54, 1.807) is 12.1 Å². The normalized spacial score (nSPS) is 26.5. The van der Waals surface area contributed by atoms with Crippen LogP contribution in [0.15, 0.2) is 29.2 Å². The Kier molecular flexibility index (Phi) is 6.72. The minimum atomic E-state index is -3.73. The highest BCUT2D eigenvalue weighted by Crippen LogP contribution is 2.23. The number of likely N-dealkylation sites (tertiary alicyclic amines) is 1. The zero-order valence-corrected chi connectivity index (χ0v) is 17.4. The van der Waals surface area contributed by atoms with Gasteiger partial charge in [0, 0.05) is 37.8 Å². The van der Waals surface area contributed by atoms with Crippen molar-refractivity contribution in [1.82, 2.24) is 14.7 Å². The van der Waals surface area contributed by atoms with Crippen molar-refractivity contribution in [2.75, 3.05) is 33.3 Å². The lowest BCUT2D eigenvalue weighted by Gasteiger charge is -2.38. The molecule has 0 bridgehead atoms. The van der Waals surface area contributed by atoms with E-state index in [0.717, 1.165) is 39.0 Å². The van der Waals surface area contributed by atoms with Gasteiger partial charge in [-0.15, -0.1) is 0 Å². The number of nitrogens with one attached hydrogen (secondary N) is 1. The second-order valence-electron chi connectivity index (χ2n) is 7.59. The predicted octanol–water partition coefficient (Wildman–Crippen LogP) is 1.24. The van der Waals surface area contributed by atoms with Gasteiger partial charge in [-0.1, -0.05) is 4.89 Å². The van der Waals surface area contributed by atoms with Crippen LogP contribution in [0.5, 0.6) is 0 Å². The quantitative estimate of drug-likeness (QED) is 0.709. The average Bonchev–Trinajstić information content (AvgIpc) is 3.08. The van der Waals surface area contributed by atoms with E-state index >= 15 is 0 Å². The number of carbonyl (C=O) groups is 1.